The minimum Gasteiger partial charge on any atom is -0.465 e. The fourth-order valence-corrected chi connectivity index (χ4v) is 2.62. The second kappa shape index (κ2) is 5.17. The van der Waals surface area contributed by atoms with Crippen LogP contribution in [-0.4, -0.2) is 4.57 Å². The van der Waals surface area contributed by atoms with E-state index in [0.717, 1.165) is 18.1 Å². The van der Waals surface area contributed by atoms with Gasteiger partial charge >= 0.3 is 0 Å². The highest BCUT2D eigenvalue weighted by atomic mass is 16.3. The number of furan rings is 1. The lowest BCUT2D eigenvalue weighted by Crippen LogP contribution is -2.17. The van der Waals surface area contributed by atoms with E-state index in [1.54, 1.807) is 0 Å². The van der Waals surface area contributed by atoms with Crippen LogP contribution in [0.3, 0.4) is 0 Å². The average molecular weight is 268 g/mol. The summed E-state index contributed by atoms with van der Waals surface area (Å²) in [5, 5.41) is 4.84. The maximum absolute atomic E-state index is 5.66. The number of fused-ring (bicyclic) bond motifs is 1. The molecule has 0 saturated carbocycles. The molecular formula is C17H20N2O. The van der Waals surface area contributed by atoms with Gasteiger partial charge in [-0.1, -0.05) is 18.2 Å². The number of para-hydroxylation sites is 1. The van der Waals surface area contributed by atoms with Gasteiger partial charge in [-0.05, 0) is 37.6 Å². The number of aryl methyl sites for hydroxylation is 2. The molecule has 1 atom stereocenters. The topological polar surface area (TPSA) is 30.1 Å². The summed E-state index contributed by atoms with van der Waals surface area (Å²) in [4.78, 5) is 0. The van der Waals surface area contributed by atoms with Gasteiger partial charge < -0.3 is 14.3 Å². The average Bonchev–Trinajstić information content (AvgIpc) is 3.01. The molecule has 0 spiro atoms. The van der Waals surface area contributed by atoms with Crippen LogP contribution in [0.1, 0.15) is 30.0 Å². The quantitative estimate of drug-likeness (QED) is 0.777. The van der Waals surface area contributed by atoms with E-state index < -0.39 is 0 Å². The number of hydrogen-bond donors (Lipinski definition) is 1. The van der Waals surface area contributed by atoms with Gasteiger partial charge in [-0.25, -0.2) is 0 Å². The molecule has 3 heteroatoms. The van der Waals surface area contributed by atoms with Crippen LogP contribution in [0, 0.1) is 6.92 Å². The van der Waals surface area contributed by atoms with E-state index >= 15 is 0 Å². The molecule has 0 radical (unpaired) electrons. The molecule has 3 nitrogen and oxygen atoms in total. The SMILES string of the molecule is Cc1ccc(C(C)NCc2cn(C)c3ccccc23)o1. The Bertz CT molecular complexity index is 724. The van der Waals surface area contributed by atoms with E-state index in [1.807, 2.05) is 19.1 Å². The zero-order valence-electron chi connectivity index (χ0n) is 12.2. The van der Waals surface area contributed by atoms with Gasteiger partial charge in [0.05, 0.1) is 6.04 Å². The smallest absolute Gasteiger partial charge is 0.120 e. The Morgan fingerprint density at radius 2 is 2.00 bits per heavy atom. The first-order valence-corrected chi connectivity index (χ1v) is 6.98. The highest BCUT2D eigenvalue weighted by Gasteiger charge is 2.11. The fourth-order valence-electron chi connectivity index (χ4n) is 2.62. The first-order chi connectivity index (χ1) is 9.65. The van der Waals surface area contributed by atoms with Crippen molar-refractivity contribution in [3.05, 3.63) is 59.7 Å². The number of hydrogen-bond acceptors (Lipinski definition) is 2. The van der Waals surface area contributed by atoms with Gasteiger partial charge in [0.15, 0.2) is 0 Å². The Labute approximate surface area is 119 Å². The number of rotatable bonds is 4. The molecule has 3 aromatic rings. The van der Waals surface area contributed by atoms with Crippen LogP contribution in [0.2, 0.25) is 0 Å². The van der Waals surface area contributed by atoms with Crippen LogP contribution in [0.25, 0.3) is 10.9 Å². The molecule has 20 heavy (non-hydrogen) atoms. The zero-order valence-corrected chi connectivity index (χ0v) is 12.2. The van der Waals surface area contributed by atoms with Crippen LogP contribution in [0.4, 0.5) is 0 Å². The maximum Gasteiger partial charge on any atom is 0.120 e. The molecule has 0 aliphatic rings. The van der Waals surface area contributed by atoms with E-state index in [4.69, 9.17) is 4.42 Å². The molecule has 0 amide bonds. The molecule has 0 aliphatic carbocycles. The third kappa shape index (κ3) is 2.37. The van der Waals surface area contributed by atoms with Crippen molar-refractivity contribution in [2.45, 2.75) is 26.4 Å². The van der Waals surface area contributed by atoms with E-state index in [2.05, 4.69) is 54.3 Å². The summed E-state index contributed by atoms with van der Waals surface area (Å²) < 4.78 is 7.83. The standard InChI is InChI=1S/C17H20N2O/c1-12-8-9-17(20-12)13(2)18-10-14-11-19(3)16-7-5-4-6-15(14)16/h4-9,11,13,18H,10H2,1-3H3. The minimum atomic E-state index is 0.211. The molecule has 2 heterocycles. The van der Waals surface area contributed by atoms with Crippen LogP contribution in [-0.2, 0) is 13.6 Å². The molecule has 0 aliphatic heterocycles. The van der Waals surface area contributed by atoms with Crippen molar-refractivity contribution >= 4 is 10.9 Å². The lowest BCUT2D eigenvalue weighted by Gasteiger charge is -2.10. The van der Waals surface area contributed by atoms with E-state index in [1.165, 1.54) is 16.5 Å². The lowest BCUT2D eigenvalue weighted by atomic mass is 10.1. The van der Waals surface area contributed by atoms with E-state index in [-0.39, 0.29) is 6.04 Å². The van der Waals surface area contributed by atoms with Crippen molar-refractivity contribution in [2.24, 2.45) is 7.05 Å². The van der Waals surface area contributed by atoms with E-state index in [9.17, 15) is 0 Å². The lowest BCUT2D eigenvalue weighted by molar-refractivity contribution is 0.416. The number of nitrogens with zero attached hydrogens (tertiary/aromatic N) is 1. The van der Waals surface area contributed by atoms with Crippen molar-refractivity contribution in [1.29, 1.82) is 0 Å². The molecule has 1 aromatic carbocycles. The van der Waals surface area contributed by atoms with Crippen molar-refractivity contribution in [3.8, 4) is 0 Å². The third-order valence-electron chi connectivity index (χ3n) is 3.77. The van der Waals surface area contributed by atoms with Crippen LogP contribution >= 0.6 is 0 Å². The molecule has 1 N–H and O–H groups in total. The molecule has 1 unspecified atom stereocenters. The highest BCUT2D eigenvalue weighted by Crippen LogP contribution is 2.22. The van der Waals surface area contributed by atoms with Crippen LogP contribution in [0.15, 0.2) is 47.0 Å². The van der Waals surface area contributed by atoms with Gasteiger partial charge in [-0.2, -0.15) is 0 Å². The molecule has 0 bridgehead atoms. The third-order valence-corrected chi connectivity index (χ3v) is 3.77. The predicted molar refractivity (Wildman–Crippen MR) is 81.6 cm³/mol. The van der Waals surface area contributed by atoms with Crippen molar-refractivity contribution in [2.75, 3.05) is 0 Å². The highest BCUT2D eigenvalue weighted by molar-refractivity contribution is 5.83. The number of nitrogens with one attached hydrogen (secondary N) is 1. The second-order valence-electron chi connectivity index (χ2n) is 5.33. The summed E-state index contributed by atoms with van der Waals surface area (Å²) >= 11 is 0. The summed E-state index contributed by atoms with van der Waals surface area (Å²) in [6, 6.07) is 12.7. The van der Waals surface area contributed by atoms with Gasteiger partial charge in [-0.3, -0.25) is 0 Å². The largest absolute Gasteiger partial charge is 0.465 e. The molecule has 2 aromatic heterocycles. The summed E-state index contributed by atoms with van der Waals surface area (Å²) in [5.41, 5.74) is 2.59. The number of aromatic nitrogens is 1. The monoisotopic (exact) mass is 268 g/mol. The maximum atomic E-state index is 5.66. The van der Waals surface area contributed by atoms with Crippen molar-refractivity contribution < 1.29 is 4.42 Å². The van der Waals surface area contributed by atoms with Crippen molar-refractivity contribution in [1.82, 2.24) is 9.88 Å². The Morgan fingerprint density at radius 1 is 1.20 bits per heavy atom. The summed E-state index contributed by atoms with van der Waals surface area (Å²) in [7, 11) is 2.09. The Morgan fingerprint density at radius 3 is 2.75 bits per heavy atom. The summed E-state index contributed by atoms with van der Waals surface area (Å²) in [6.45, 7) is 4.94. The van der Waals surface area contributed by atoms with Crippen molar-refractivity contribution in [3.63, 3.8) is 0 Å². The normalized spacial score (nSPS) is 12.9. The second-order valence-corrected chi connectivity index (χ2v) is 5.33. The van der Waals surface area contributed by atoms with Gasteiger partial charge in [0, 0.05) is 30.7 Å². The Balaban J connectivity index is 1.77. The summed E-state index contributed by atoms with van der Waals surface area (Å²) in [6.07, 6.45) is 2.19. The van der Waals surface area contributed by atoms with E-state index in [0.29, 0.717) is 0 Å². The fraction of sp³-hybridized carbons (Fsp3) is 0.294. The first-order valence-electron chi connectivity index (χ1n) is 6.98. The molecule has 104 valence electrons. The van der Waals surface area contributed by atoms with Gasteiger partial charge in [0.1, 0.15) is 11.5 Å². The molecule has 0 saturated heterocycles. The Hall–Kier alpha value is -2.00. The predicted octanol–water partition coefficient (Wildman–Crippen LogP) is 3.93. The van der Waals surface area contributed by atoms with Crippen LogP contribution in [0.5, 0.6) is 0 Å². The Kier molecular flexibility index (Phi) is 3.36. The molecule has 3 rings (SSSR count). The van der Waals surface area contributed by atoms with Crippen LogP contribution < -0.4 is 5.32 Å². The molecular weight excluding hydrogens is 248 g/mol. The molecule has 0 fully saturated rings. The minimum absolute atomic E-state index is 0.211. The first kappa shape index (κ1) is 13.0. The van der Waals surface area contributed by atoms with Gasteiger partial charge in [0.2, 0.25) is 0 Å². The zero-order chi connectivity index (χ0) is 14.1. The number of benzene rings is 1. The van der Waals surface area contributed by atoms with Gasteiger partial charge in [0.25, 0.3) is 0 Å². The summed E-state index contributed by atoms with van der Waals surface area (Å²) in [5.74, 6) is 1.95. The van der Waals surface area contributed by atoms with Gasteiger partial charge in [-0.15, -0.1) is 0 Å².